The first kappa shape index (κ1) is 17.5. The Morgan fingerprint density at radius 1 is 1.16 bits per heavy atom. The second-order valence-electron chi connectivity index (χ2n) is 5.94. The zero-order valence-electron chi connectivity index (χ0n) is 14.1. The molecular weight excluding hydrogens is 338 g/mol. The van der Waals surface area contributed by atoms with Gasteiger partial charge in [0.15, 0.2) is 0 Å². The Bertz CT molecular complexity index is 728. The van der Waals surface area contributed by atoms with Crippen molar-refractivity contribution >= 4 is 23.4 Å². The van der Waals surface area contributed by atoms with Gasteiger partial charge in [-0.1, -0.05) is 30.3 Å². The first-order valence-corrected chi connectivity index (χ1v) is 9.16. The Balaban J connectivity index is 1.68. The van der Waals surface area contributed by atoms with E-state index < -0.39 is 0 Å². The van der Waals surface area contributed by atoms with E-state index in [-0.39, 0.29) is 24.7 Å². The SMILES string of the molecule is COC(=O)c1ccc(C2CCCCN2C(=O)OCc2ccccc2)s1. The molecule has 1 unspecified atom stereocenters. The summed E-state index contributed by atoms with van der Waals surface area (Å²) in [5.74, 6) is -0.342. The van der Waals surface area contributed by atoms with Crippen LogP contribution in [-0.2, 0) is 16.1 Å². The molecule has 0 bridgehead atoms. The fraction of sp³-hybridized carbons (Fsp3) is 0.368. The van der Waals surface area contributed by atoms with Crippen molar-refractivity contribution in [1.29, 1.82) is 0 Å². The first-order valence-electron chi connectivity index (χ1n) is 8.34. The molecule has 5 nitrogen and oxygen atoms in total. The van der Waals surface area contributed by atoms with Crippen molar-refractivity contribution < 1.29 is 19.1 Å². The maximum Gasteiger partial charge on any atom is 0.410 e. The van der Waals surface area contributed by atoms with Crippen LogP contribution in [0.3, 0.4) is 0 Å². The summed E-state index contributed by atoms with van der Waals surface area (Å²) in [4.78, 5) is 27.6. The third-order valence-corrected chi connectivity index (χ3v) is 5.45. The standard InChI is InChI=1S/C19H21NO4S/c1-23-18(21)17-11-10-16(25-17)15-9-5-6-12-20(15)19(22)24-13-14-7-3-2-4-8-14/h2-4,7-8,10-11,15H,5-6,9,12-13H2,1H3. The summed E-state index contributed by atoms with van der Waals surface area (Å²) >= 11 is 1.38. The highest BCUT2D eigenvalue weighted by molar-refractivity contribution is 7.14. The molecule has 6 heteroatoms. The van der Waals surface area contributed by atoms with Crippen LogP contribution < -0.4 is 0 Å². The van der Waals surface area contributed by atoms with Crippen LogP contribution >= 0.6 is 11.3 Å². The maximum atomic E-state index is 12.6. The summed E-state index contributed by atoms with van der Waals surface area (Å²) in [5.41, 5.74) is 0.966. The normalized spacial score (nSPS) is 17.2. The number of carbonyl (C=O) groups excluding carboxylic acids is 2. The van der Waals surface area contributed by atoms with Crippen LogP contribution in [0.5, 0.6) is 0 Å². The number of esters is 1. The predicted octanol–water partition coefficient (Wildman–Crippen LogP) is 4.40. The van der Waals surface area contributed by atoms with Gasteiger partial charge in [-0.05, 0) is 37.0 Å². The van der Waals surface area contributed by atoms with Crippen LogP contribution in [0.25, 0.3) is 0 Å². The lowest BCUT2D eigenvalue weighted by Gasteiger charge is -2.34. The van der Waals surface area contributed by atoms with Crippen LogP contribution in [-0.4, -0.2) is 30.6 Å². The number of hydrogen-bond acceptors (Lipinski definition) is 5. The molecule has 1 aromatic heterocycles. The number of thiophene rings is 1. The van der Waals surface area contributed by atoms with Gasteiger partial charge in [0.2, 0.25) is 0 Å². The lowest BCUT2D eigenvalue weighted by Crippen LogP contribution is -2.38. The Morgan fingerprint density at radius 2 is 1.96 bits per heavy atom. The van der Waals surface area contributed by atoms with E-state index >= 15 is 0 Å². The van der Waals surface area contributed by atoms with Crippen molar-refractivity contribution in [2.45, 2.75) is 31.9 Å². The van der Waals surface area contributed by atoms with Crippen LogP contribution in [0.4, 0.5) is 4.79 Å². The number of ether oxygens (including phenoxy) is 2. The average Bonchev–Trinajstić information content (AvgIpc) is 3.16. The smallest absolute Gasteiger partial charge is 0.410 e. The van der Waals surface area contributed by atoms with E-state index in [1.165, 1.54) is 18.4 Å². The van der Waals surface area contributed by atoms with Gasteiger partial charge < -0.3 is 14.4 Å². The zero-order chi connectivity index (χ0) is 17.6. The van der Waals surface area contributed by atoms with Crippen molar-refractivity contribution in [3.63, 3.8) is 0 Å². The van der Waals surface area contributed by atoms with Crippen molar-refractivity contribution in [3.05, 3.63) is 57.8 Å². The fourth-order valence-electron chi connectivity index (χ4n) is 2.99. The molecule has 132 valence electrons. The Hall–Kier alpha value is -2.34. The second-order valence-corrected chi connectivity index (χ2v) is 7.05. The highest BCUT2D eigenvalue weighted by Crippen LogP contribution is 2.35. The lowest BCUT2D eigenvalue weighted by molar-refractivity contribution is 0.0606. The minimum atomic E-state index is -0.342. The number of piperidine rings is 1. The van der Waals surface area contributed by atoms with Crippen LogP contribution in [0.1, 0.15) is 45.4 Å². The molecule has 1 aliphatic rings. The maximum absolute atomic E-state index is 12.6. The number of methoxy groups -OCH3 is 1. The van der Waals surface area contributed by atoms with Crippen molar-refractivity contribution in [2.24, 2.45) is 0 Å². The molecule has 0 saturated carbocycles. The number of amides is 1. The summed E-state index contributed by atoms with van der Waals surface area (Å²) in [6.07, 6.45) is 2.59. The van der Waals surface area contributed by atoms with Crippen LogP contribution in [0, 0.1) is 0 Å². The van der Waals surface area contributed by atoms with Gasteiger partial charge in [0.05, 0.1) is 13.2 Å². The molecule has 1 saturated heterocycles. The molecule has 2 aromatic rings. The summed E-state index contributed by atoms with van der Waals surface area (Å²) in [5, 5.41) is 0. The van der Waals surface area contributed by atoms with Gasteiger partial charge in [-0.15, -0.1) is 11.3 Å². The second kappa shape index (κ2) is 8.16. The molecule has 0 aliphatic carbocycles. The van der Waals surface area contributed by atoms with E-state index in [1.807, 2.05) is 36.4 Å². The van der Waals surface area contributed by atoms with Gasteiger partial charge in [0, 0.05) is 11.4 Å². The van der Waals surface area contributed by atoms with E-state index in [2.05, 4.69) is 0 Å². The molecule has 1 fully saturated rings. The molecule has 2 heterocycles. The van der Waals surface area contributed by atoms with Gasteiger partial charge >= 0.3 is 12.1 Å². The highest BCUT2D eigenvalue weighted by atomic mass is 32.1. The predicted molar refractivity (Wildman–Crippen MR) is 95.6 cm³/mol. The molecule has 1 atom stereocenters. The van der Waals surface area contributed by atoms with Crippen molar-refractivity contribution in [1.82, 2.24) is 4.90 Å². The summed E-state index contributed by atoms with van der Waals surface area (Å²) in [7, 11) is 1.37. The van der Waals surface area contributed by atoms with E-state index in [0.29, 0.717) is 11.4 Å². The molecule has 25 heavy (non-hydrogen) atoms. The molecule has 0 radical (unpaired) electrons. The molecular formula is C19H21NO4S. The Kier molecular flexibility index (Phi) is 5.71. The van der Waals surface area contributed by atoms with Gasteiger partial charge in [-0.3, -0.25) is 0 Å². The number of hydrogen-bond donors (Lipinski definition) is 0. The Labute approximate surface area is 151 Å². The van der Waals surface area contributed by atoms with Gasteiger partial charge in [-0.2, -0.15) is 0 Å². The highest BCUT2D eigenvalue weighted by Gasteiger charge is 2.30. The fourth-order valence-corrected chi connectivity index (χ4v) is 4.06. The first-order chi connectivity index (χ1) is 12.2. The Morgan fingerprint density at radius 3 is 2.72 bits per heavy atom. The third kappa shape index (κ3) is 4.20. The molecule has 1 aromatic carbocycles. The minimum Gasteiger partial charge on any atom is -0.465 e. The van der Waals surface area contributed by atoms with E-state index in [4.69, 9.17) is 9.47 Å². The number of benzene rings is 1. The van der Waals surface area contributed by atoms with Gasteiger partial charge in [0.1, 0.15) is 11.5 Å². The summed E-state index contributed by atoms with van der Waals surface area (Å²) in [6, 6.07) is 13.3. The molecule has 3 rings (SSSR count). The van der Waals surface area contributed by atoms with Crippen molar-refractivity contribution in [2.75, 3.05) is 13.7 Å². The summed E-state index contributed by atoms with van der Waals surface area (Å²) in [6.45, 7) is 0.935. The third-order valence-electron chi connectivity index (χ3n) is 4.28. The number of rotatable bonds is 4. The number of likely N-dealkylation sites (tertiary alicyclic amines) is 1. The molecule has 0 spiro atoms. The van der Waals surface area contributed by atoms with E-state index in [1.54, 1.807) is 11.0 Å². The largest absolute Gasteiger partial charge is 0.465 e. The lowest BCUT2D eigenvalue weighted by atomic mass is 10.0. The average molecular weight is 359 g/mol. The van der Waals surface area contributed by atoms with Gasteiger partial charge in [-0.25, -0.2) is 9.59 Å². The number of nitrogens with zero attached hydrogens (tertiary/aromatic N) is 1. The van der Waals surface area contributed by atoms with E-state index in [0.717, 1.165) is 29.7 Å². The van der Waals surface area contributed by atoms with Crippen LogP contribution in [0.15, 0.2) is 42.5 Å². The monoisotopic (exact) mass is 359 g/mol. The minimum absolute atomic E-state index is 0.0413. The number of carbonyl (C=O) groups is 2. The topological polar surface area (TPSA) is 55.8 Å². The molecule has 1 amide bonds. The molecule has 1 aliphatic heterocycles. The zero-order valence-corrected chi connectivity index (χ0v) is 15.0. The molecule has 0 N–H and O–H groups in total. The van der Waals surface area contributed by atoms with Crippen LogP contribution in [0.2, 0.25) is 0 Å². The quantitative estimate of drug-likeness (QED) is 0.759. The van der Waals surface area contributed by atoms with Crippen molar-refractivity contribution in [3.8, 4) is 0 Å². The summed E-state index contributed by atoms with van der Waals surface area (Å²) < 4.78 is 10.3. The van der Waals surface area contributed by atoms with Gasteiger partial charge in [0.25, 0.3) is 0 Å². The van der Waals surface area contributed by atoms with E-state index in [9.17, 15) is 9.59 Å².